The summed E-state index contributed by atoms with van der Waals surface area (Å²) in [4.78, 5) is 25.8. The third-order valence-electron chi connectivity index (χ3n) is 6.01. The van der Waals surface area contributed by atoms with Gasteiger partial charge in [0.05, 0.1) is 13.2 Å². The van der Waals surface area contributed by atoms with E-state index in [0.717, 1.165) is 58.5 Å². The fourth-order valence-corrected chi connectivity index (χ4v) is 4.39. The number of nitrogens with zero attached hydrogens (tertiary/aromatic N) is 1. The summed E-state index contributed by atoms with van der Waals surface area (Å²) >= 11 is 0. The lowest BCUT2D eigenvalue weighted by Gasteiger charge is -2.45. The van der Waals surface area contributed by atoms with Gasteiger partial charge in [0.25, 0.3) is 0 Å². The lowest BCUT2D eigenvalue weighted by molar-refractivity contribution is -0.122. The van der Waals surface area contributed by atoms with Crippen molar-refractivity contribution >= 4 is 11.7 Å². The summed E-state index contributed by atoms with van der Waals surface area (Å²) in [6.07, 6.45) is 12.8. The first-order valence-corrected chi connectivity index (χ1v) is 10.7. The quantitative estimate of drug-likeness (QED) is 0.475. The van der Waals surface area contributed by atoms with Crippen LogP contribution in [0.25, 0.3) is 0 Å². The first kappa shape index (κ1) is 21.4. The number of ketones is 1. The van der Waals surface area contributed by atoms with Crippen molar-refractivity contribution in [2.45, 2.75) is 89.5 Å². The minimum absolute atomic E-state index is 0.136. The first-order valence-electron chi connectivity index (χ1n) is 10.7. The maximum atomic E-state index is 12.3. The van der Waals surface area contributed by atoms with E-state index >= 15 is 0 Å². The molecule has 2 rings (SSSR count). The van der Waals surface area contributed by atoms with E-state index in [9.17, 15) is 9.59 Å². The molecule has 1 amide bonds. The van der Waals surface area contributed by atoms with Crippen LogP contribution in [0.2, 0.25) is 0 Å². The van der Waals surface area contributed by atoms with Gasteiger partial charge >= 0.3 is 0 Å². The van der Waals surface area contributed by atoms with Crippen LogP contribution in [0.1, 0.15) is 84.0 Å². The minimum Gasteiger partial charge on any atom is -0.379 e. The van der Waals surface area contributed by atoms with E-state index in [2.05, 4.69) is 10.2 Å². The SMILES string of the molecule is CC(=O)CCCCCCC(=O)NCC1(N2CCOCC2)CCCCCC1. The van der Waals surface area contributed by atoms with Gasteiger partial charge in [-0.2, -0.15) is 0 Å². The van der Waals surface area contributed by atoms with Gasteiger partial charge in [-0.1, -0.05) is 38.5 Å². The van der Waals surface area contributed by atoms with Crippen LogP contribution in [0.15, 0.2) is 0 Å². The molecule has 0 aromatic carbocycles. The molecule has 0 radical (unpaired) electrons. The van der Waals surface area contributed by atoms with Gasteiger partial charge in [0, 0.05) is 38.0 Å². The van der Waals surface area contributed by atoms with Crippen molar-refractivity contribution in [2.24, 2.45) is 0 Å². The molecule has 2 aliphatic rings. The highest BCUT2D eigenvalue weighted by Crippen LogP contribution is 2.32. The molecular weight excluding hydrogens is 328 g/mol. The molecule has 26 heavy (non-hydrogen) atoms. The second-order valence-corrected chi connectivity index (χ2v) is 8.13. The second kappa shape index (κ2) is 11.7. The van der Waals surface area contributed by atoms with Crippen molar-refractivity contribution in [1.82, 2.24) is 10.2 Å². The van der Waals surface area contributed by atoms with Gasteiger partial charge in [-0.05, 0) is 32.6 Å². The fraction of sp³-hybridized carbons (Fsp3) is 0.905. The van der Waals surface area contributed by atoms with Crippen LogP contribution >= 0.6 is 0 Å². The zero-order valence-corrected chi connectivity index (χ0v) is 16.7. The third-order valence-corrected chi connectivity index (χ3v) is 6.01. The first-order chi connectivity index (χ1) is 12.6. The number of unbranched alkanes of at least 4 members (excludes halogenated alkanes) is 3. The van der Waals surface area contributed by atoms with Gasteiger partial charge in [0.15, 0.2) is 0 Å². The summed E-state index contributed by atoms with van der Waals surface area (Å²) in [5, 5.41) is 3.25. The maximum absolute atomic E-state index is 12.3. The van der Waals surface area contributed by atoms with Crippen molar-refractivity contribution in [3.63, 3.8) is 0 Å². The average molecular weight is 367 g/mol. The number of carbonyl (C=O) groups excluding carboxylic acids is 2. The molecule has 1 saturated heterocycles. The Balaban J connectivity index is 1.73. The number of morpholine rings is 1. The number of Topliss-reactive ketones (excluding diaryl/α,β-unsaturated/α-hetero) is 1. The zero-order chi connectivity index (χ0) is 18.7. The largest absolute Gasteiger partial charge is 0.379 e. The van der Waals surface area contributed by atoms with Crippen LogP contribution in [-0.4, -0.2) is 55.0 Å². The Morgan fingerprint density at radius 3 is 2.15 bits per heavy atom. The molecule has 0 atom stereocenters. The second-order valence-electron chi connectivity index (χ2n) is 8.13. The van der Waals surface area contributed by atoms with Crippen LogP contribution in [0.4, 0.5) is 0 Å². The number of rotatable bonds is 10. The Bertz CT molecular complexity index is 425. The van der Waals surface area contributed by atoms with Crippen LogP contribution in [0.5, 0.6) is 0 Å². The molecule has 0 aromatic rings. The molecule has 1 aliphatic carbocycles. The average Bonchev–Trinajstić information content (AvgIpc) is 2.90. The van der Waals surface area contributed by atoms with Crippen LogP contribution in [-0.2, 0) is 14.3 Å². The normalized spacial score (nSPS) is 21.1. The van der Waals surface area contributed by atoms with E-state index in [0.29, 0.717) is 12.8 Å². The summed E-state index contributed by atoms with van der Waals surface area (Å²) in [6, 6.07) is 0. The molecule has 0 bridgehead atoms. The molecule has 0 unspecified atom stereocenters. The Kier molecular flexibility index (Phi) is 9.62. The standard InChI is InChI=1S/C21H38N2O3/c1-19(24)10-6-2-3-7-11-20(25)22-18-21(12-8-4-5-9-13-21)23-14-16-26-17-15-23/h2-18H2,1H3,(H,22,25). The zero-order valence-electron chi connectivity index (χ0n) is 16.7. The van der Waals surface area contributed by atoms with Gasteiger partial charge in [0.1, 0.15) is 5.78 Å². The summed E-state index contributed by atoms with van der Waals surface area (Å²) in [5.74, 6) is 0.452. The summed E-state index contributed by atoms with van der Waals surface area (Å²) < 4.78 is 5.54. The number of hydrogen-bond acceptors (Lipinski definition) is 4. The molecule has 0 aromatic heterocycles. The molecule has 150 valence electrons. The van der Waals surface area contributed by atoms with Crippen molar-refractivity contribution in [3.8, 4) is 0 Å². The van der Waals surface area contributed by atoms with Crippen LogP contribution in [0, 0.1) is 0 Å². The highest BCUT2D eigenvalue weighted by atomic mass is 16.5. The summed E-state index contributed by atoms with van der Waals surface area (Å²) in [5.41, 5.74) is 0.136. The lowest BCUT2D eigenvalue weighted by Crippen LogP contribution is -2.58. The number of amides is 1. The van der Waals surface area contributed by atoms with E-state index < -0.39 is 0 Å². The predicted molar refractivity (Wildman–Crippen MR) is 104 cm³/mol. The van der Waals surface area contributed by atoms with Gasteiger partial charge in [-0.25, -0.2) is 0 Å². The van der Waals surface area contributed by atoms with Crippen LogP contribution in [0.3, 0.4) is 0 Å². The highest BCUT2D eigenvalue weighted by molar-refractivity contribution is 5.76. The van der Waals surface area contributed by atoms with E-state index in [1.165, 1.54) is 38.5 Å². The summed E-state index contributed by atoms with van der Waals surface area (Å²) in [6.45, 7) is 6.05. The Morgan fingerprint density at radius 1 is 0.923 bits per heavy atom. The van der Waals surface area contributed by atoms with E-state index in [1.807, 2.05) is 0 Å². The van der Waals surface area contributed by atoms with Crippen molar-refractivity contribution in [3.05, 3.63) is 0 Å². The van der Waals surface area contributed by atoms with E-state index in [-0.39, 0.29) is 17.2 Å². The molecule has 1 saturated carbocycles. The van der Waals surface area contributed by atoms with Gasteiger partial charge < -0.3 is 14.8 Å². The smallest absolute Gasteiger partial charge is 0.220 e. The molecule has 5 nitrogen and oxygen atoms in total. The molecule has 1 aliphatic heterocycles. The van der Waals surface area contributed by atoms with Crippen LogP contribution < -0.4 is 5.32 Å². The lowest BCUT2D eigenvalue weighted by atomic mass is 9.87. The van der Waals surface area contributed by atoms with Crippen molar-refractivity contribution in [2.75, 3.05) is 32.8 Å². The number of nitrogens with one attached hydrogen (secondary N) is 1. The molecule has 5 heteroatoms. The van der Waals surface area contributed by atoms with Gasteiger partial charge in [-0.3, -0.25) is 9.69 Å². The number of hydrogen-bond donors (Lipinski definition) is 1. The minimum atomic E-state index is 0.136. The molecular formula is C21H38N2O3. The fourth-order valence-electron chi connectivity index (χ4n) is 4.39. The molecule has 1 heterocycles. The molecule has 2 fully saturated rings. The van der Waals surface area contributed by atoms with Gasteiger partial charge in [-0.15, -0.1) is 0 Å². The summed E-state index contributed by atoms with van der Waals surface area (Å²) in [7, 11) is 0. The number of carbonyl (C=O) groups is 2. The molecule has 1 N–H and O–H groups in total. The maximum Gasteiger partial charge on any atom is 0.220 e. The van der Waals surface area contributed by atoms with Crippen molar-refractivity contribution in [1.29, 1.82) is 0 Å². The molecule has 0 spiro atoms. The topological polar surface area (TPSA) is 58.6 Å². The Morgan fingerprint density at radius 2 is 1.54 bits per heavy atom. The van der Waals surface area contributed by atoms with E-state index in [4.69, 9.17) is 4.74 Å². The predicted octanol–water partition coefficient (Wildman–Crippen LogP) is 3.46. The Labute approximate surface area is 159 Å². The highest BCUT2D eigenvalue weighted by Gasteiger charge is 2.37. The number of ether oxygens (including phenoxy) is 1. The van der Waals surface area contributed by atoms with E-state index in [1.54, 1.807) is 6.92 Å². The van der Waals surface area contributed by atoms with Crippen molar-refractivity contribution < 1.29 is 14.3 Å². The monoisotopic (exact) mass is 366 g/mol. The van der Waals surface area contributed by atoms with Gasteiger partial charge in [0.2, 0.25) is 5.91 Å². The third kappa shape index (κ3) is 7.36. The Hall–Kier alpha value is -0.940.